The van der Waals surface area contributed by atoms with Crippen molar-refractivity contribution in [2.45, 2.75) is 4.90 Å². The maximum atomic E-state index is 12.4. The van der Waals surface area contributed by atoms with E-state index in [-0.39, 0.29) is 10.5 Å². The van der Waals surface area contributed by atoms with Crippen LogP contribution < -0.4 is 5.32 Å². The van der Waals surface area contributed by atoms with Gasteiger partial charge in [-0.1, -0.05) is 12.1 Å². The zero-order chi connectivity index (χ0) is 15.7. The van der Waals surface area contributed by atoms with Gasteiger partial charge in [0.2, 0.25) is 0 Å². The number of hydrogen-bond donors (Lipinski definition) is 1. The van der Waals surface area contributed by atoms with E-state index in [4.69, 9.17) is 0 Å². The van der Waals surface area contributed by atoms with E-state index >= 15 is 0 Å². The first kappa shape index (κ1) is 14.7. The number of sulfone groups is 1. The molecule has 1 N–H and O–H groups in total. The van der Waals surface area contributed by atoms with Crippen LogP contribution >= 0.6 is 11.3 Å². The van der Waals surface area contributed by atoms with Crippen LogP contribution in [0.25, 0.3) is 10.2 Å². The Bertz CT molecular complexity index is 962. The zero-order valence-electron chi connectivity index (χ0n) is 11.6. The van der Waals surface area contributed by atoms with Crippen molar-refractivity contribution in [3.05, 3.63) is 53.5 Å². The smallest absolute Gasteiger partial charge is 0.256 e. The van der Waals surface area contributed by atoms with Crippen molar-refractivity contribution in [1.29, 1.82) is 0 Å². The molecule has 0 bridgehead atoms. The molecule has 0 aliphatic heterocycles. The van der Waals surface area contributed by atoms with Gasteiger partial charge in [-0.2, -0.15) is 0 Å². The van der Waals surface area contributed by atoms with E-state index < -0.39 is 15.7 Å². The van der Waals surface area contributed by atoms with Crippen LogP contribution in [0, 0.1) is 0 Å². The zero-order valence-corrected chi connectivity index (χ0v) is 13.2. The highest BCUT2D eigenvalue weighted by Gasteiger charge is 2.18. The lowest BCUT2D eigenvalue weighted by Gasteiger charge is -2.09. The molecule has 112 valence electrons. The number of nitrogens with one attached hydrogen (secondary N) is 1. The van der Waals surface area contributed by atoms with Gasteiger partial charge in [0, 0.05) is 11.9 Å². The first-order chi connectivity index (χ1) is 10.4. The molecule has 0 radical (unpaired) electrons. The first-order valence-corrected chi connectivity index (χ1v) is 9.16. The second kappa shape index (κ2) is 5.51. The lowest BCUT2D eigenvalue weighted by atomic mass is 10.2. The van der Waals surface area contributed by atoms with Gasteiger partial charge < -0.3 is 5.32 Å². The van der Waals surface area contributed by atoms with Gasteiger partial charge in [0.05, 0.1) is 26.2 Å². The number of anilines is 1. The normalized spacial score (nSPS) is 11.5. The highest BCUT2D eigenvalue weighted by Crippen LogP contribution is 2.23. The molecule has 7 heteroatoms. The Labute approximate surface area is 131 Å². The Morgan fingerprint density at radius 2 is 1.95 bits per heavy atom. The van der Waals surface area contributed by atoms with Gasteiger partial charge in [-0.3, -0.25) is 4.79 Å². The summed E-state index contributed by atoms with van der Waals surface area (Å²) in [5.74, 6) is -0.462. The number of hydrogen-bond acceptors (Lipinski definition) is 5. The third-order valence-corrected chi connectivity index (χ3v) is 5.08. The maximum absolute atomic E-state index is 12.4. The molecule has 1 heterocycles. The van der Waals surface area contributed by atoms with E-state index in [1.54, 1.807) is 29.8 Å². The van der Waals surface area contributed by atoms with Crippen LogP contribution in [0.5, 0.6) is 0 Å². The maximum Gasteiger partial charge on any atom is 0.256 e. The molecular formula is C15H12N2O3S2. The van der Waals surface area contributed by atoms with Gasteiger partial charge in [0.15, 0.2) is 9.84 Å². The minimum absolute atomic E-state index is 0.0160. The molecule has 0 aliphatic carbocycles. The summed E-state index contributed by atoms with van der Waals surface area (Å²) in [5, 5.41) is 2.71. The van der Waals surface area contributed by atoms with E-state index in [1.807, 2.05) is 6.07 Å². The molecule has 0 fully saturated rings. The van der Waals surface area contributed by atoms with Crippen LogP contribution in [-0.4, -0.2) is 25.6 Å². The average molecular weight is 332 g/mol. The number of carbonyl (C=O) groups excluding carboxylic acids is 1. The Kier molecular flexibility index (Phi) is 3.67. The fourth-order valence-corrected chi connectivity index (χ4v) is 3.66. The molecule has 0 atom stereocenters. The second-order valence-corrected chi connectivity index (χ2v) is 7.63. The molecule has 0 saturated carbocycles. The molecule has 2 aromatic carbocycles. The van der Waals surface area contributed by atoms with Crippen LogP contribution in [0.1, 0.15) is 10.4 Å². The fourth-order valence-electron chi connectivity index (χ4n) is 2.11. The van der Waals surface area contributed by atoms with Crippen LogP contribution in [0.2, 0.25) is 0 Å². The van der Waals surface area contributed by atoms with E-state index in [0.29, 0.717) is 5.69 Å². The molecule has 1 amide bonds. The Morgan fingerprint density at radius 1 is 1.18 bits per heavy atom. The molecule has 0 spiro atoms. The Hall–Kier alpha value is -2.25. The number of aromatic nitrogens is 1. The van der Waals surface area contributed by atoms with Gasteiger partial charge in [-0.25, -0.2) is 13.4 Å². The average Bonchev–Trinajstić information content (AvgIpc) is 2.94. The molecule has 0 aliphatic rings. The molecule has 5 nitrogen and oxygen atoms in total. The van der Waals surface area contributed by atoms with E-state index in [2.05, 4.69) is 10.3 Å². The van der Waals surface area contributed by atoms with Crippen molar-refractivity contribution >= 4 is 43.0 Å². The predicted octanol–water partition coefficient (Wildman–Crippen LogP) is 2.95. The lowest BCUT2D eigenvalue weighted by molar-refractivity contribution is 0.102. The number of benzene rings is 2. The van der Waals surface area contributed by atoms with Crippen molar-refractivity contribution in [1.82, 2.24) is 4.98 Å². The summed E-state index contributed by atoms with van der Waals surface area (Å²) in [6.07, 6.45) is 1.08. The summed E-state index contributed by atoms with van der Waals surface area (Å²) in [6.45, 7) is 0. The lowest BCUT2D eigenvalue weighted by Crippen LogP contribution is -2.15. The molecular weight excluding hydrogens is 320 g/mol. The summed E-state index contributed by atoms with van der Waals surface area (Å²) in [4.78, 5) is 16.6. The highest BCUT2D eigenvalue weighted by atomic mass is 32.2. The minimum Gasteiger partial charge on any atom is -0.322 e. The minimum atomic E-state index is -3.47. The third kappa shape index (κ3) is 2.86. The summed E-state index contributed by atoms with van der Waals surface area (Å²) >= 11 is 1.51. The number of carbonyl (C=O) groups is 1. The van der Waals surface area contributed by atoms with Crippen LogP contribution in [-0.2, 0) is 9.84 Å². The van der Waals surface area contributed by atoms with Gasteiger partial charge in [-0.05, 0) is 30.3 Å². The molecule has 0 unspecified atom stereocenters. The topological polar surface area (TPSA) is 76.1 Å². The molecule has 1 aromatic heterocycles. The monoisotopic (exact) mass is 332 g/mol. The van der Waals surface area contributed by atoms with Crippen LogP contribution in [0.3, 0.4) is 0 Å². The summed E-state index contributed by atoms with van der Waals surface area (Å²) in [5.41, 5.74) is 3.23. The number of amides is 1. The van der Waals surface area contributed by atoms with E-state index in [1.165, 1.54) is 23.5 Å². The number of thiazole rings is 1. The van der Waals surface area contributed by atoms with Gasteiger partial charge in [0.1, 0.15) is 0 Å². The summed E-state index contributed by atoms with van der Waals surface area (Å²) < 4.78 is 24.5. The van der Waals surface area contributed by atoms with Gasteiger partial charge >= 0.3 is 0 Å². The number of nitrogens with zero attached hydrogens (tertiary/aromatic N) is 1. The highest BCUT2D eigenvalue weighted by molar-refractivity contribution is 7.90. The summed E-state index contributed by atoms with van der Waals surface area (Å²) in [7, 11) is -3.47. The van der Waals surface area contributed by atoms with Crippen molar-refractivity contribution in [2.75, 3.05) is 11.6 Å². The van der Waals surface area contributed by atoms with Crippen LogP contribution in [0.4, 0.5) is 5.69 Å². The second-order valence-electron chi connectivity index (χ2n) is 4.76. The summed E-state index contributed by atoms with van der Waals surface area (Å²) in [6, 6.07) is 11.5. The molecule has 3 rings (SSSR count). The quantitative estimate of drug-likeness (QED) is 0.800. The van der Waals surface area contributed by atoms with Gasteiger partial charge in [0.25, 0.3) is 5.91 Å². The number of fused-ring (bicyclic) bond motifs is 1. The standard InChI is InChI=1S/C15H12N2O3S2/c1-22(19,20)14-5-3-2-4-11(14)15(18)17-10-6-7-13-12(8-10)16-9-21-13/h2-9H,1H3,(H,17,18). The van der Waals surface area contributed by atoms with Crippen molar-refractivity contribution in [2.24, 2.45) is 0 Å². The van der Waals surface area contributed by atoms with Gasteiger partial charge in [-0.15, -0.1) is 11.3 Å². The largest absolute Gasteiger partial charge is 0.322 e. The van der Waals surface area contributed by atoms with Crippen LogP contribution in [0.15, 0.2) is 52.9 Å². The molecule has 22 heavy (non-hydrogen) atoms. The third-order valence-electron chi connectivity index (χ3n) is 3.12. The van der Waals surface area contributed by atoms with Crippen molar-refractivity contribution < 1.29 is 13.2 Å². The first-order valence-electron chi connectivity index (χ1n) is 6.39. The van der Waals surface area contributed by atoms with E-state index in [0.717, 1.165) is 16.5 Å². The Morgan fingerprint density at radius 3 is 2.73 bits per heavy atom. The molecule has 3 aromatic rings. The van der Waals surface area contributed by atoms with E-state index in [9.17, 15) is 13.2 Å². The fraction of sp³-hybridized carbons (Fsp3) is 0.0667. The predicted molar refractivity (Wildman–Crippen MR) is 87.1 cm³/mol. The Balaban J connectivity index is 1.95. The van der Waals surface area contributed by atoms with Crippen molar-refractivity contribution in [3.63, 3.8) is 0 Å². The number of rotatable bonds is 3. The van der Waals surface area contributed by atoms with Crippen molar-refractivity contribution in [3.8, 4) is 0 Å². The molecule has 0 saturated heterocycles. The SMILES string of the molecule is CS(=O)(=O)c1ccccc1C(=O)Nc1ccc2scnc2c1.